The normalized spacial score (nSPS) is 20.8. The van der Waals surface area contributed by atoms with Crippen molar-refractivity contribution in [2.24, 2.45) is 18.9 Å². The zero-order valence-electron chi connectivity index (χ0n) is 21.4. The molecule has 1 aromatic heterocycles. The Morgan fingerprint density at radius 1 is 1.20 bits per heavy atom. The summed E-state index contributed by atoms with van der Waals surface area (Å²) in [5, 5.41) is 3.00. The van der Waals surface area contributed by atoms with Crippen LogP contribution in [0.4, 0.5) is 0 Å². The Kier molecular flexibility index (Phi) is 8.93. The molecule has 3 atom stereocenters. The number of nitrogens with one attached hydrogen (secondary N) is 1. The Labute approximate surface area is 208 Å². The molecule has 0 spiro atoms. The minimum Gasteiger partial charge on any atom is -0.456 e. The van der Waals surface area contributed by atoms with Crippen molar-refractivity contribution in [2.75, 3.05) is 19.7 Å². The van der Waals surface area contributed by atoms with Crippen molar-refractivity contribution in [3.05, 3.63) is 24.0 Å². The van der Waals surface area contributed by atoms with Crippen molar-refractivity contribution in [3.63, 3.8) is 0 Å². The van der Waals surface area contributed by atoms with Crippen molar-refractivity contribution >= 4 is 32.9 Å². The highest BCUT2D eigenvalue weighted by Gasteiger charge is 2.28. The first-order chi connectivity index (χ1) is 16.6. The largest absolute Gasteiger partial charge is 0.456 e. The molecule has 1 amide bonds. The molecule has 0 aliphatic heterocycles. The number of aryl methyl sites for hydroxylation is 2. The summed E-state index contributed by atoms with van der Waals surface area (Å²) >= 11 is 0. The number of sulfonamides is 1. The third-order valence-electron chi connectivity index (χ3n) is 7.26. The fraction of sp³-hybridized carbons (Fsp3) is 0.640. The van der Waals surface area contributed by atoms with Crippen LogP contribution in [0.15, 0.2) is 23.1 Å². The van der Waals surface area contributed by atoms with Gasteiger partial charge in [-0.05, 0) is 36.5 Å². The number of esters is 1. The van der Waals surface area contributed by atoms with Crippen LogP contribution in [-0.4, -0.2) is 59.9 Å². The van der Waals surface area contributed by atoms with Crippen molar-refractivity contribution < 1.29 is 22.7 Å². The van der Waals surface area contributed by atoms with E-state index in [2.05, 4.69) is 24.1 Å². The molecule has 1 aromatic carbocycles. The summed E-state index contributed by atoms with van der Waals surface area (Å²) in [6, 6.07) is 5.02. The van der Waals surface area contributed by atoms with Gasteiger partial charge < -0.3 is 14.6 Å². The van der Waals surface area contributed by atoms with Gasteiger partial charge >= 0.3 is 5.97 Å². The first-order valence-corrected chi connectivity index (χ1v) is 13.9. The van der Waals surface area contributed by atoms with Crippen LogP contribution in [0, 0.1) is 11.8 Å². The van der Waals surface area contributed by atoms with Gasteiger partial charge in [0.05, 0.1) is 22.3 Å². The van der Waals surface area contributed by atoms with Crippen LogP contribution in [0.3, 0.4) is 0 Å². The van der Waals surface area contributed by atoms with Crippen LogP contribution in [0.1, 0.15) is 59.2 Å². The number of carbonyl (C=O) groups is 2. The molecule has 1 fully saturated rings. The van der Waals surface area contributed by atoms with E-state index >= 15 is 0 Å². The number of benzene rings is 1. The number of nitrogens with zero attached hydrogens (tertiary/aromatic N) is 3. The highest BCUT2D eigenvalue weighted by atomic mass is 32.2. The van der Waals surface area contributed by atoms with Gasteiger partial charge in [0.25, 0.3) is 5.91 Å². The summed E-state index contributed by atoms with van der Waals surface area (Å²) in [4.78, 5) is 29.3. The Bertz CT molecular complexity index is 1160. The molecule has 1 heterocycles. The van der Waals surface area contributed by atoms with E-state index in [9.17, 15) is 18.0 Å². The quantitative estimate of drug-likeness (QED) is 0.496. The van der Waals surface area contributed by atoms with Gasteiger partial charge in [0.15, 0.2) is 6.61 Å². The number of imidazole rings is 1. The summed E-state index contributed by atoms with van der Waals surface area (Å²) in [5.41, 5.74) is 1.33. The van der Waals surface area contributed by atoms with Gasteiger partial charge in [0, 0.05) is 32.6 Å². The van der Waals surface area contributed by atoms with E-state index in [1.54, 1.807) is 32.0 Å². The van der Waals surface area contributed by atoms with E-state index < -0.39 is 16.0 Å². The van der Waals surface area contributed by atoms with Gasteiger partial charge in [0.1, 0.15) is 5.82 Å². The van der Waals surface area contributed by atoms with E-state index in [0.717, 1.165) is 18.4 Å². The Morgan fingerprint density at radius 3 is 2.60 bits per heavy atom. The second-order valence-electron chi connectivity index (χ2n) is 9.43. The average Bonchev–Trinajstić information content (AvgIpc) is 3.14. The van der Waals surface area contributed by atoms with E-state index in [1.807, 2.05) is 11.6 Å². The van der Waals surface area contributed by atoms with Gasteiger partial charge in [-0.3, -0.25) is 9.59 Å². The first kappa shape index (κ1) is 27.1. The summed E-state index contributed by atoms with van der Waals surface area (Å²) in [6.45, 7) is 8.46. The number of hydrogen-bond acceptors (Lipinski definition) is 6. The first-order valence-electron chi connectivity index (χ1n) is 12.5. The van der Waals surface area contributed by atoms with E-state index in [1.165, 1.54) is 10.7 Å². The van der Waals surface area contributed by atoms with Crippen molar-refractivity contribution in [3.8, 4) is 0 Å². The van der Waals surface area contributed by atoms with Crippen LogP contribution in [0.5, 0.6) is 0 Å². The van der Waals surface area contributed by atoms with Gasteiger partial charge in [-0.15, -0.1) is 0 Å². The molecule has 35 heavy (non-hydrogen) atoms. The lowest BCUT2D eigenvalue weighted by Crippen LogP contribution is -2.45. The monoisotopic (exact) mass is 506 g/mol. The van der Waals surface area contributed by atoms with E-state index in [4.69, 9.17) is 4.74 Å². The molecule has 9 nitrogen and oxygen atoms in total. The van der Waals surface area contributed by atoms with Crippen LogP contribution >= 0.6 is 0 Å². The zero-order chi connectivity index (χ0) is 25.8. The predicted octanol–water partition coefficient (Wildman–Crippen LogP) is 3.02. The smallest absolute Gasteiger partial charge is 0.306 e. The van der Waals surface area contributed by atoms with Crippen LogP contribution in [-0.2, 0) is 37.8 Å². The third-order valence-corrected chi connectivity index (χ3v) is 9.30. The van der Waals surface area contributed by atoms with Gasteiger partial charge in [-0.2, -0.15) is 4.31 Å². The van der Waals surface area contributed by atoms with Crippen LogP contribution in [0.25, 0.3) is 11.0 Å². The molecule has 1 aliphatic carbocycles. The fourth-order valence-electron chi connectivity index (χ4n) is 4.79. The standard InChI is InChI=1S/C25H38N4O5S/c1-6-29(7-2)35(32,33)19-11-12-22-21(15-19)26-23(28(22)5)13-14-25(31)34-16-24(30)27-20-10-8-9-17(3)18(20)4/h11-12,15,17-18,20H,6-10,13-14,16H2,1-5H3,(H,27,30)/t17-,18-,20-/m0/s1. The van der Waals surface area contributed by atoms with Gasteiger partial charge in [-0.1, -0.05) is 40.5 Å². The zero-order valence-corrected chi connectivity index (χ0v) is 22.2. The number of fused-ring (bicyclic) bond motifs is 1. The second kappa shape index (κ2) is 11.5. The molecule has 194 valence electrons. The van der Waals surface area contributed by atoms with Crippen molar-refractivity contribution in [1.29, 1.82) is 0 Å². The second-order valence-corrected chi connectivity index (χ2v) is 11.4. The van der Waals surface area contributed by atoms with E-state index in [-0.39, 0.29) is 29.9 Å². The number of ether oxygens (including phenoxy) is 1. The number of hydrogen-bond donors (Lipinski definition) is 1. The van der Waals surface area contributed by atoms with Crippen molar-refractivity contribution in [2.45, 2.75) is 70.7 Å². The molecule has 0 unspecified atom stereocenters. The van der Waals surface area contributed by atoms with Crippen LogP contribution < -0.4 is 5.32 Å². The minimum absolute atomic E-state index is 0.0753. The van der Waals surface area contributed by atoms with Crippen LogP contribution in [0.2, 0.25) is 0 Å². The predicted molar refractivity (Wildman–Crippen MR) is 134 cm³/mol. The average molecular weight is 507 g/mol. The van der Waals surface area contributed by atoms with Gasteiger partial charge in [0.2, 0.25) is 10.0 Å². The Hall–Kier alpha value is -2.46. The van der Waals surface area contributed by atoms with Crippen molar-refractivity contribution in [1.82, 2.24) is 19.2 Å². The number of carbonyl (C=O) groups excluding carboxylic acids is 2. The molecule has 10 heteroatoms. The number of amides is 1. The van der Waals surface area contributed by atoms with Gasteiger partial charge in [-0.25, -0.2) is 13.4 Å². The molecule has 3 rings (SSSR count). The molecular formula is C25H38N4O5S. The lowest BCUT2D eigenvalue weighted by Gasteiger charge is -2.34. The molecule has 1 aliphatic rings. The summed E-state index contributed by atoms with van der Waals surface area (Å²) in [7, 11) is -1.76. The summed E-state index contributed by atoms with van der Waals surface area (Å²) in [5.74, 6) is 0.877. The number of aromatic nitrogens is 2. The molecule has 0 bridgehead atoms. The molecular weight excluding hydrogens is 468 g/mol. The fourth-order valence-corrected chi connectivity index (χ4v) is 6.27. The maximum atomic E-state index is 12.8. The van der Waals surface area contributed by atoms with E-state index in [0.29, 0.717) is 42.7 Å². The molecule has 2 aromatic rings. The third kappa shape index (κ3) is 6.22. The maximum absolute atomic E-state index is 12.8. The lowest BCUT2D eigenvalue weighted by molar-refractivity contribution is -0.148. The lowest BCUT2D eigenvalue weighted by atomic mass is 9.78. The highest BCUT2D eigenvalue weighted by molar-refractivity contribution is 7.89. The maximum Gasteiger partial charge on any atom is 0.306 e. The minimum atomic E-state index is -3.58. The highest BCUT2D eigenvalue weighted by Crippen LogP contribution is 2.29. The molecule has 1 saturated carbocycles. The SMILES string of the molecule is CCN(CC)S(=O)(=O)c1ccc2c(c1)nc(CCC(=O)OCC(=O)N[C@H]1CCC[C@H](C)[C@@H]1C)n2C. The molecule has 0 saturated heterocycles. The summed E-state index contributed by atoms with van der Waals surface area (Å²) < 4.78 is 34.1. The molecule has 0 radical (unpaired) electrons. The number of rotatable bonds is 10. The Balaban J connectivity index is 1.57. The topological polar surface area (TPSA) is 111 Å². The molecule has 1 N–H and O–H groups in total. The Morgan fingerprint density at radius 2 is 1.91 bits per heavy atom. The summed E-state index contributed by atoms with van der Waals surface area (Å²) in [6.07, 6.45) is 3.62.